The lowest BCUT2D eigenvalue weighted by Gasteiger charge is -2.30. The molecule has 2 fully saturated rings. The number of methoxy groups -OCH3 is 1. The van der Waals surface area contributed by atoms with Crippen LogP contribution in [0.1, 0.15) is 63.8 Å². The normalized spacial score (nSPS) is 19.9. The maximum atomic E-state index is 13.6. The van der Waals surface area contributed by atoms with Gasteiger partial charge in [0.1, 0.15) is 23.7 Å². The molecule has 0 spiro atoms. The monoisotopic (exact) mass is 756 g/mol. The summed E-state index contributed by atoms with van der Waals surface area (Å²) in [6.45, 7) is 5.54. The number of likely N-dealkylation sites (tertiary alicyclic amines) is 2. The molecule has 0 bridgehead atoms. The van der Waals surface area contributed by atoms with E-state index in [2.05, 4.69) is 30.6 Å². The van der Waals surface area contributed by atoms with Crippen molar-refractivity contribution in [2.45, 2.75) is 70.3 Å². The number of rotatable bonds is 12. The molecule has 0 radical (unpaired) electrons. The molecule has 2 aromatic carbocycles. The smallest absolute Gasteiger partial charge is 0.407 e. The van der Waals surface area contributed by atoms with E-state index in [1.807, 2.05) is 48.5 Å². The van der Waals surface area contributed by atoms with Crippen molar-refractivity contribution in [1.29, 1.82) is 0 Å². The summed E-state index contributed by atoms with van der Waals surface area (Å²) >= 11 is 0. The van der Waals surface area contributed by atoms with Crippen molar-refractivity contribution in [1.82, 2.24) is 40.4 Å². The lowest BCUT2D eigenvalue weighted by Crippen LogP contribution is -2.52. The zero-order valence-corrected chi connectivity index (χ0v) is 31.2. The molecule has 4 heterocycles. The van der Waals surface area contributed by atoms with E-state index in [-0.39, 0.29) is 37.4 Å². The number of ether oxygens (including phenoxy) is 1. The summed E-state index contributed by atoms with van der Waals surface area (Å²) in [4.78, 5) is 69.3. The SMILES string of the molecule is COC(=O)N[C@H](C(=O)N1CCCC1c1ncc(-c2ccc(-c3ccc(-c4cnc([C@@H]5C[C@@H](O)CN5C(=O)[C@@H](NC(=O)O)C(C)C)[nH]4)cc3)cc2)[nH]1)C(C)CO. The zero-order valence-electron chi connectivity index (χ0n) is 31.2. The number of aliphatic hydroxyl groups excluding tert-OH is 2. The number of hydrogen-bond donors (Lipinski definition) is 7. The first-order valence-electron chi connectivity index (χ1n) is 18.4. The quantitative estimate of drug-likeness (QED) is 0.110. The van der Waals surface area contributed by atoms with Gasteiger partial charge in [-0.15, -0.1) is 0 Å². The first kappa shape index (κ1) is 39.0. The molecule has 0 saturated carbocycles. The Hall–Kier alpha value is -5.74. The Kier molecular flexibility index (Phi) is 11.9. The first-order valence-corrected chi connectivity index (χ1v) is 18.4. The highest BCUT2D eigenvalue weighted by atomic mass is 16.5. The number of hydrogen-bond acceptors (Lipinski definition) is 9. The summed E-state index contributed by atoms with van der Waals surface area (Å²) in [5.74, 6) is -0.325. The van der Waals surface area contributed by atoms with E-state index < -0.39 is 48.2 Å². The summed E-state index contributed by atoms with van der Waals surface area (Å²) in [5, 5.41) is 34.3. The third kappa shape index (κ3) is 8.49. The molecular formula is C39H48N8O8. The molecule has 4 aromatic rings. The topological polar surface area (TPSA) is 226 Å². The molecule has 2 aliphatic heterocycles. The molecule has 6 rings (SSSR count). The Balaban J connectivity index is 1.12. The number of alkyl carbamates (subject to hydrolysis) is 1. The molecule has 6 atom stereocenters. The Morgan fingerprint density at radius 2 is 1.35 bits per heavy atom. The minimum atomic E-state index is -1.28. The van der Waals surface area contributed by atoms with Crippen molar-refractivity contribution >= 4 is 24.0 Å². The number of imidazole rings is 2. The number of aliphatic hydroxyl groups is 2. The Morgan fingerprint density at radius 3 is 1.85 bits per heavy atom. The number of benzene rings is 2. The van der Waals surface area contributed by atoms with Gasteiger partial charge in [0, 0.05) is 32.0 Å². The Bertz CT molecular complexity index is 1980. The molecular weight excluding hydrogens is 708 g/mol. The standard InChI is InChI=1S/C39H48N8O8/c1-21(2)32(44-38(52)53)36(50)47-19-27(49)16-31(47)35-41-18-29(43-35)26-13-9-24(10-14-26)23-7-11-25(12-8-23)28-17-40-34(42-28)30-6-5-15-46(30)37(51)33(22(3)20-48)45-39(54)55-4/h7-14,17-18,21-22,27,30-33,44,48-49H,5-6,15-16,19-20H2,1-4H3,(H,40,42)(H,41,43)(H,45,54)(H,52,53)/t22?,27-,30?,31+,32+,33+/m1/s1. The minimum absolute atomic E-state index is 0.0861. The largest absolute Gasteiger partial charge is 0.465 e. The first-order chi connectivity index (χ1) is 26.4. The van der Waals surface area contributed by atoms with Crippen molar-refractivity contribution in [2.24, 2.45) is 11.8 Å². The predicted octanol–water partition coefficient (Wildman–Crippen LogP) is 4.08. The average Bonchev–Trinajstić information content (AvgIpc) is 4.02. The number of nitrogens with one attached hydrogen (secondary N) is 4. The van der Waals surface area contributed by atoms with Gasteiger partial charge in [0.15, 0.2) is 0 Å². The number of carboxylic acid groups (broad SMARTS) is 1. The van der Waals surface area contributed by atoms with Crippen molar-refractivity contribution in [3.8, 4) is 33.6 Å². The summed E-state index contributed by atoms with van der Waals surface area (Å²) in [6, 6.07) is 13.3. The molecule has 292 valence electrons. The highest BCUT2D eigenvalue weighted by molar-refractivity contribution is 5.87. The van der Waals surface area contributed by atoms with Crippen LogP contribution < -0.4 is 10.6 Å². The third-order valence-electron chi connectivity index (χ3n) is 10.4. The van der Waals surface area contributed by atoms with E-state index in [4.69, 9.17) is 4.74 Å². The van der Waals surface area contributed by atoms with E-state index in [1.54, 1.807) is 38.1 Å². The van der Waals surface area contributed by atoms with Gasteiger partial charge in [-0.05, 0) is 41.0 Å². The molecule has 7 N–H and O–H groups in total. The van der Waals surface area contributed by atoms with Crippen LogP contribution >= 0.6 is 0 Å². The van der Waals surface area contributed by atoms with E-state index in [9.17, 15) is 34.5 Å². The van der Waals surface area contributed by atoms with Gasteiger partial charge in [0.25, 0.3) is 0 Å². The van der Waals surface area contributed by atoms with Crippen LogP contribution in [-0.4, -0.2) is 114 Å². The van der Waals surface area contributed by atoms with Crippen molar-refractivity contribution in [2.75, 3.05) is 26.8 Å². The van der Waals surface area contributed by atoms with Crippen LogP contribution in [0, 0.1) is 11.8 Å². The number of amides is 4. The van der Waals surface area contributed by atoms with Crippen LogP contribution in [-0.2, 0) is 14.3 Å². The number of carbonyl (C=O) groups is 4. The third-order valence-corrected chi connectivity index (χ3v) is 10.4. The van der Waals surface area contributed by atoms with Crippen molar-refractivity contribution in [3.05, 3.63) is 72.6 Å². The molecule has 16 nitrogen and oxygen atoms in total. The molecule has 2 aromatic heterocycles. The Labute approximate surface area is 318 Å². The highest BCUT2D eigenvalue weighted by Gasteiger charge is 2.41. The number of aromatic nitrogens is 4. The zero-order chi connectivity index (χ0) is 39.4. The summed E-state index contributed by atoms with van der Waals surface area (Å²) in [5.41, 5.74) is 5.33. The molecule has 16 heteroatoms. The molecule has 55 heavy (non-hydrogen) atoms. The fourth-order valence-electron chi connectivity index (χ4n) is 7.36. The van der Waals surface area contributed by atoms with Gasteiger partial charge in [-0.3, -0.25) is 9.59 Å². The van der Waals surface area contributed by atoms with Gasteiger partial charge in [0.05, 0.1) is 49.1 Å². The Morgan fingerprint density at radius 1 is 0.818 bits per heavy atom. The molecule has 4 amide bonds. The number of aromatic amines is 2. The molecule has 0 aliphatic carbocycles. The second-order valence-electron chi connectivity index (χ2n) is 14.5. The van der Waals surface area contributed by atoms with Crippen LogP contribution in [0.4, 0.5) is 9.59 Å². The van der Waals surface area contributed by atoms with E-state index in [0.717, 1.165) is 40.1 Å². The van der Waals surface area contributed by atoms with E-state index >= 15 is 0 Å². The van der Waals surface area contributed by atoms with Gasteiger partial charge < -0.3 is 50.5 Å². The van der Waals surface area contributed by atoms with Crippen molar-refractivity contribution < 1.29 is 39.2 Å². The van der Waals surface area contributed by atoms with E-state index in [0.29, 0.717) is 24.6 Å². The number of nitrogens with zero attached hydrogens (tertiary/aromatic N) is 4. The summed E-state index contributed by atoms with van der Waals surface area (Å²) in [7, 11) is 1.23. The molecule has 2 aliphatic rings. The maximum Gasteiger partial charge on any atom is 0.407 e. The predicted molar refractivity (Wildman–Crippen MR) is 201 cm³/mol. The van der Waals surface area contributed by atoms with Crippen LogP contribution in [0.2, 0.25) is 0 Å². The highest BCUT2D eigenvalue weighted by Crippen LogP contribution is 2.35. The lowest BCUT2D eigenvalue weighted by molar-refractivity contribution is -0.136. The van der Waals surface area contributed by atoms with Gasteiger partial charge in [-0.1, -0.05) is 69.3 Å². The fourth-order valence-corrected chi connectivity index (χ4v) is 7.36. The van der Waals surface area contributed by atoms with Crippen LogP contribution in [0.5, 0.6) is 0 Å². The maximum absolute atomic E-state index is 13.6. The van der Waals surface area contributed by atoms with Crippen LogP contribution in [0.25, 0.3) is 33.6 Å². The van der Waals surface area contributed by atoms with E-state index in [1.165, 1.54) is 12.0 Å². The fraction of sp³-hybridized carbons (Fsp3) is 0.436. The summed E-state index contributed by atoms with van der Waals surface area (Å²) in [6.07, 6.45) is 2.43. The average molecular weight is 757 g/mol. The number of carbonyl (C=O) groups excluding carboxylic acids is 3. The molecule has 2 saturated heterocycles. The number of β-amino-alcohol motifs (C(OH)–C–C–N with tert-alkyl or cyclic N) is 1. The van der Waals surface area contributed by atoms with Crippen LogP contribution in [0.15, 0.2) is 60.9 Å². The van der Waals surface area contributed by atoms with Crippen LogP contribution in [0.3, 0.4) is 0 Å². The van der Waals surface area contributed by atoms with Gasteiger partial charge in [-0.25, -0.2) is 19.6 Å². The number of H-pyrrole nitrogens is 2. The van der Waals surface area contributed by atoms with Gasteiger partial charge in [0.2, 0.25) is 11.8 Å². The summed E-state index contributed by atoms with van der Waals surface area (Å²) < 4.78 is 4.70. The van der Waals surface area contributed by atoms with Gasteiger partial charge in [-0.2, -0.15) is 0 Å². The van der Waals surface area contributed by atoms with Gasteiger partial charge >= 0.3 is 12.2 Å². The molecule has 2 unspecified atom stereocenters. The second-order valence-corrected chi connectivity index (χ2v) is 14.5. The lowest BCUT2D eigenvalue weighted by atomic mass is 10.0. The van der Waals surface area contributed by atoms with Crippen molar-refractivity contribution in [3.63, 3.8) is 0 Å². The second kappa shape index (κ2) is 16.7. The minimum Gasteiger partial charge on any atom is -0.465 e.